The van der Waals surface area contributed by atoms with Crippen LogP contribution in [0.5, 0.6) is 0 Å². The quantitative estimate of drug-likeness (QED) is 0.540. The van der Waals surface area contributed by atoms with Gasteiger partial charge in [0.05, 0.1) is 6.10 Å². The van der Waals surface area contributed by atoms with E-state index >= 15 is 0 Å². The average Bonchev–Trinajstić information content (AvgIpc) is 1.80. The van der Waals surface area contributed by atoms with Crippen LogP contribution in [0, 0.1) is 0 Å². The Morgan fingerprint density at radius 3 is 2.67 bits per heavy atom. The van der Waals surface area contributed by atoms with Gasteiger partial charge in [0.25, 0.3) is 0 Å². The van der Waals surface area contributed by atoms with Gasteiger partial charge in [-0.25, -0.2) is 0 Å². The maximum atomic E-state index is 8.82. The first-order chi connectivity index (χ1) is 4.27. The lowest BCUT2D eigenvalue weighted by molar-refractivity contribution is 0.181. The van der Waals surface area contributed by atoms with Crippen LogP contribution in [0.4, 0.5) is 0 Å². The zero-order valence-corrected chi connectivity index (χ0v) is 6.35. The molecule has 0 spiro atoms. The Morgan fingerprint density at radius 2 is 2.22 bits per heavy atom. The molecule has 1 unspecified atom stereocenters. The molecule has 1 atom stereocenters. The molecular weight excluding hydrogens is 114 g/mol. The number of aliphatic hydroxyl groups excluding tert-OH is 1. The van der Waals surface area contributed by atoms with Gasteiger partial charge in [0.2, 0.25) is 0 Å². The van der Waals surface area contributed by atoms with Gasteiger partial charge in [0.15, 0.2) is 0 Å². The zero-order valence-electron chi connectivity index (χ0n) is 6.35. The van der Waals surface area contributed by atoms with Gasteiger partial charge in [-0.15, -0.1) is 0 Å². The van der Waals surface area contributed by atoms with Crippen LogP contribution in [0.3, 0.4) is 0 Å². The van der Waals surface area contributed by atoms with Gasteiger partial charge in [-0.05, 0) is 32.9 Å². The van der Waals surface area contributed by atoms with Crippen LogP contribution >= 0.6 is 0 Å². The van der Waals surface area contributed by atoms with E-state index < -0.39 is 0 Å². The van der Waals surface area contributed by atoms with Crippen molar-refractivity contribution in [2.24, 2.45) is 0 Å². The fraction of sp³-hybridized carbons (Fsp3) is 1.00. The van der Waals surface area contributed by atoms with Crippen LogP contribution in [0.15, 0.2) is 0 Å². The molecule has 2 nitrogen and oxygen atoms in total. The third kappa shape index (κ3) is 7.92. The van der Waals surface area contributed by atoms with E-state index in [1.54, 1.807) is 0 Å². The smallest absolute Gasteiger partial charge is 0.0512 e. The molecule has 0 rings (SSSR count). The Balaban J connectivity index is 2.75. The molecule has 2 heteroatoms. The number of nitrogens with one attached hydrogen (secondary N) is 1. The minimum atomic E-state index is -0.136. The van der Waals surface area contributed by atoms with Gasteiger partial charge >= 0.3 is 0 Å². The third-order valence-corrected chi connectivity index (χ3v) is 1.23. The van der Waals surface area contributed by atoms with Crippen LogP contribution in [0.25, 0.3) is 0 Å². The van der Waals surface area contributed by atoms with E-state index in [2.05, 4.69) is 12.2 Å². The van der Waals surface area contributed by atoms with Crippen molar-refractivity contribution in [2.75, 3.05) is 13.1 Å². The second kappa shape index (κ2) is 6.05. The van der Waals surface area contributed by atoms with Crippen molar-refractivity contribution in [3.63, 3.8) is 0 Å². The van der Waals surface area contributed by atoms with Gasteiger partial charge < -0.3 is 10.4 Å². The van der Waals surface area contributed by atoms with E-state index in [-0.39, 0.29) is 6.10 Å². The van der Waals surface area contributed by atoms with E-state index in [0.717, 1.165) is 25.9 Å². The summed E-state index contributed by atoms with van der Waals surface area (Å²) in [7, 11) is 0. The van der Waals surface area contributed by atoms with Gasteiger partial charge in [0, 0.05) is 0 Å². The van der Waals surface area contributed by atoms with E-state index in [9.17, 15) is 0 Å². The number of hydrogen-bond acceptors (Lipinski definition) is 2. The maximum Gasteiger partial charge on any atom is 0.0512 e. The summed E-state index contributed by atoms with van der Waals surface area (Å²) in [4.78, 5) is 0. The standard InChI is InChI=1S/C7H17NO/c1-3-8-6-4-5-7(2)9/h7-9H,3-6H2,1-2H3. The monoisotopic (exact) mass is 131 g/mol. The molecule has 56 valence electrons. The molecule has 0 radical (unpaired) electrons. The first-order valence-corrected chi connectivity index (χ1v) is 3.66. The van der Waals surface area contributed by atoms with E-state index in [4.69, 9.17) is 5.11 Å². The largest absolute Gasteiger partial charge is 0.393 e. The average molecular weight is 131 g/mol. The molecule has 9 heavy (non-hydrogen) atoms. The molecule has 0 heterocycles. The number of rotatable bonds is 5. The lowest BCUT2D eigenvalue weighted by Gasteiger charge is -2.02. The van der Waals surface area contributed by atoms with Gasteiger partial charge in [0.1, 0.15) is 0 Å². The lowest BCUT2D eigenvalue weighted by Crippen LogP contribution is -2.15. The summed E-state index contributed by atoms with van der Waals surface area (Å²) in [5.41, 5.74) is 0. The Bertz CT molecular complexity index is 54.9. The molecule has 0 aromatic heterocycles. The molecule has 2 N–H and O–H groups in total. The Labute approximate surface area is 57.3 Å². The molecule has 0 saturated heterocycles. The topological polar surface area (TPSA) is 32.3 Å². The zero-order chi connectivity index (χ0) is 7.11. The summed E-state index contributed by atoms with van der Waals surface area (Å²) in [5, 5.41) is 12.0. The summed E-state index contributed by atoms with van der Waals surface area (Å²) in [6.07, 6.45) is 1.85. The van der Waals surface area contributed by atoms with E-state index in [1.807, 2.05) is 6.92 Å². The van der Waals surface area contributed by atoms with Gasteiger partial charge in [-0.3, -0.25) is 0 Å². The molecule has 0 aromatic rings. The fourth-order valence-electron chi connectivity index (χ4n) is 0.699. The summed E-state index contributed by atoms with van der Waals surface area (Å²) in [5.74, 6) is 0. The van der Waals surface area contributed by atoms with Crippen molar-refractivity contribution >= 4 is 0 Å². The highest BCUT2D eigenvalue weighted by atomic mass is 16.3. The van der Waals surface area contributed by atoms with Crippen LogP contribution in [-0.2, 0) is 0 Å². The van der Waals surface area contributed by atoms with Crippen LogP contribution in [0.1, 0.15) is 26.7 Å². The highest BCUT2D eigenvalue weighted by molar-refractivity contribution is 4.49. The molecular formula is C7H17NO. The van der Waals surface area contributed by atoms with Crippen molar-refractivity contribution in [1.82, 2.24) is 5.32 Å². The SMILES string of the molecule is CCNCCCC(C)O. The fourth-order valence-corrected chi connectivity index (χ4v) is 0.699. The van der Waals surface area contributed by atoms with E-state index in [1.165, 1.54) is 0 Å². The van der Waals surface area contributed by atoms with E-state index in [0.29, 0.717) is 0 Å². The highest BCUT2D eigenvalue weighted by Crippen LogP contribution is 1.92. The summed E-state index contributed by atoms with van der Waals surface area (Å²) < 4.78 is 0. The Kier molecular flexibility index (Phi) is 5.99. The Hall–Kier alpha value is -0.0800. The molecule has 0 saturated carbocycles. The summed E-state index contributed by atoms with van der Waals surface area (Å²) >= 11 is 0. The first kappa shape index (κ1) is 8.92. The normalized spacial score (nSPS) is 13.7. The maximum absolute atomic E-state index is 8.82. The van der Waals surface area contributed by atoms with Crippen LogP contribution in [-0.4, -0.2) is 24.3 Å². The number of aliphatic hydroxyl groups is 1. The second-order valence-corrected chi connectivity index (χ2v) is 2.34. The Morgan fingerprint density at radius 1 is 1.56 bits per heavy atom. The molecule has 0 aliphatic heterocycles. The minimum Gasteiger partial charge on any atom is -0.393 e. The van der Waals surface area contributed by atoms with Crippen molar-refractivity contribution < 1.29 is 5.11 Å². The van der Waals surface area contributed by atoms with Crippen molar-refractivity contribution in [2.45, 2.75) is 32.8 Å². The molecule has 0 fully saturated rings. The second-order valence-electron chi connectivity index (χ2n) is 2.34. The minimum absolute atomic E-state index is 0.136. The first-order valence-electron chi connectivity index (χ1n) is 3.66. The van der Waals surface area contributed by atoms with Gasteiger partial charge in [-0.2, -0.15) is 0 Å². The van der Waals surface area contributed by atoms with Crippen molar-refractivity contribution in [1.29, 1.82) is 0 Å². The third-order valence-electron chi connectivity index (χ3n) is 1.23. The van der Waals surface area contributed by atoms with Crippen LogP contribution in [0.2, 0.25) is 0 Å². The molecule has 0 bridgehead atoms. The summed E-state index contributed by atoms with van der Waals surface area (Å²) in [6.45, 7) is 5.97. The predicted octanol–water partition coefficient (Wildman–Crippen LogP) is 0.757. The van der Waals surface area contributed by atoms with Crippen molar-refractivity contribution in [3.05, 3.63) is 0 Å². The van der Waals surface area contributed by atoms with Crippen molar-refractivity contribution in [3.8, 4) is 0 Å². The molecule has 0 aliphatic carbocycles. The van der Waals surface area contributed by atoms with Crippen LogP contribution < -0.4 is 5.32 Å². The lowest BCUT2D eigenvalue weighted by atomic mass is 10.2. The summed E-state index contributed by atoms with van der Waals surface area (Å²) in [6, 6.07) is 0. The predicted molar refractivity (Wildman–Crippen MR) is 39.5 cm³/mol. The van der Waals surface area contributed by atoms with Gasteiger partial charge in [-0.1, -0.05) is 6.92 Å². The molecule has 0 aliphatic rings. The molecule has 0 aromatic carbocycles. The number of hydrogen-bond donors (Lipinski definition) is 2. The highest BCUT2D eigenvalue weighted by Gasteiger charge is 1.92. The molecule has 0 amide bonds.